The van der Waals surface area contributed by atoms with Gasteiger partial charge in [-0.05, 0) is 30.3 Å². The lowest BCUT2D eigenvalue weighted by Crippen LogP contribution is -2.06. The number of hydrogen-bond acceptors (Lipinski definition) is 1. The molecule has 0 aromatic heterocycles. The van der Waals surface area contributed by atoms with E-state index in [-0.39, 0.29) is 6.10 Å². The fourth-order valence-corrected chi connectivity index (χ4v) is 0.800. The summed E-state index contributed by atoms with van der Waals surface area (Å²) < 4.78 is 1.04. The molecule has 9 heavy (non-hydrogen) atoms. The average molecular weight is 193 g/mol. The molecule has 1 atom stereocenters. The Bertz CT molecular complexity index is 114. The Hall–Kier alpha value is 0.180. The molecule has 0 saturated carbocycles. The van der Waals surface area contributed by atoms with Crippen molar-refractivity contribution in [2.75, 3.05) is 0 Å². The lowest BCUT2D eigenvalue weighted by Gasteiger charge is -2.08. The fourth-order valence-electron chi connectivity index (χ4n) is 0.536. The maximum Gasteiger partial charge on any atom is 0.0755 e. The Balaban J connectivity index is 4.02. The molecule has 0 radical (unpaired) electrons. The van der Waals surface area contributed by atoms with E-state index >= 15 is 0 Å². The molecule has 0 heterocycles. The molecule has 0 spiro atoms. The summed E-state index contributed by atoms with van der Waals surface area (Å²) in [5.74, 6) is 0. The maximum atomic E-state index is 9.21. The zero-order chi connectivity index (χ0) is 7.44. The fraction of sp³-hybridized carbons (Fsp3) is 0.714. The van der Waals surface area contributed by atoms with Crippen molar-refractivity contribution in [2.24, 2.45) is 0 Å². The highest BCUT2D eigenvalue weighted by Crippen LogP contribution is 2.15. The van der Waals surface area contributed by atoms with Gasteiger partial charge >= 0.3 is 0 Å². The molecule has 1 unspecified atom stereocenters. The lowest BCUT2D eigenvalue weighted by molar-refractivity contribution is 0.206. The molecule has 0 aromatic carbocycles. The molecule has 1 nitrogen and oxygen atoms in total. The SMILES string of the molecule is CCC(O)C(C)=C(C)Br. The van der Waals surface area contributed by atoms with Crippen LogP contribution in [-0.2, 0) is 0 Å². The zero-order valence-electron chi connectivity index (χ0n) is 6.11. The van der Waals surface area contributed by atoms with E-state index in [0.717, 1.165) is 16.5 Å². The van der Waals surface area contributed by atoms with Gasteiger partial charge in [0.15, 0.2) is 0 Å². The summed E-state index contributed by atoms with van der Waals surface area (Å²) in [5.41, 5.74) is 1.03. The molecule has 0 rings (SSSR count). The number of rotatable bonds is 2. The minimum absolute atomic E-state index is 0.274. The van der Waals surface area contributed by atoms with Crippen LogP contribution in [0.15, 0.2) is 10.1 Å². The highest BCUT2D eigenvalue weighted by atomic mass is 79.9. The van der Waals surface area contributed by atoms with Crippen molar-refractivity contribution >= 4 is 15.9 Å². The third-order valence-electron chi connectivity index (χ3n) is 1.43. The normalized spacial score (nSPS) is 17.0. The van der Waals surface area contributed by atoms with Crippen LogP contribution in [0.2, 0.25) is 0 Å². The summed E-state index contributed by atoms with van der Waals surface area (Å²) in [7, 11) is 0. The van der Waals surface area contributed by atoms with Gasteiger partial charge in [-0.3, -0.25) is 0 Å². The summed E-state index contributed by atoms with van der Waals surface area (Å²) in [4.78, 5) is 0. The number of aliphatic hydroxyl groups excluding tert-OH is 1. The predicted molar refractivity (Wildman–Crippen MR) is 43.6 cm³/mol. The van der Waals surface area contributed by atoms with Crippen molar-refractivity contribution in [3.63, 3.8) is 0 Å². The minimum atomic E-state index is -0.274. The largest absolute Gasteiger partial charge is 0.389 e. The van der Waals surface area contributed by atoms with Crippen molar-refractivity contribution in [3.8, 4) is 0 Å². The summed E-state index contributed by atoms with van der Waals surface area (Å²) in [5, 5.41) is 9.21. The minimum Gasteiger partial charge on any atom is -0.389 e. The molecule has 0 saturated heterocycles. The van der Waals surface area contributed by atoms with E-state index in [0.29, 0.717) is 0 Å². The van der Waals surface area contributed by atoms with Crippen LogP contribution in [0.3, 0.4) is 0 Å². The van der Waals surface area contributed by atoms with Crippen LogP contribution >= 0.6 is 15.9 Å². The second kappa shape index (κ2) is 4.07. The van der Waals surface area contributed by atoms with Crippen molar-refractivity contribution in [1.29, 1.82) is 0 Å². The van der Waals surface area contributed by atoms with Crippen LogP contribution in [0.1, 0.15) is 27.2 Å². The summed E-state index contributed by atoms with van der Waals surface area (Å²) in [6.45, 7) is 5.83. The molecule has 0 aromatic rings. The number of halogens is 1. The Morgan fingerprint density at radius 3 is 2.11 bits per heavy atom. The molecular weight excluding hydrogens is 180 g/mol. The molecule has 0 bridgehead atoms. The van der Waals surface area contributed by atoms with Gasteiger partial charge in [0, 0.05) is 0 Å². The van der Waals surface area contributed by atoms with Gasteiger partial charge in [-0.25, -0.2) is 0 Å². The Morgan fingerprint density at radius 2 is 2.00 bits per heavy atom. The molecule has 0 fully saturated rings. The monoisotopic (exact) mass is 192 g/mol. The first kappa shape index (κ1) is 9.18. The van der Waals surface area contributed by atoms with Crippen molar-refractivity contribution in [2.45, 2.75) is 33.3 Å². The Kier molecular flexibility index (Phi) is 4.15. The third kappa shape index (κ3) is 3.01. The van der Waals surface area contributed by atoms with Gasteiger partial charge in [0.25, 0.3) is 0 Å². The molecule has 54 valence electrons. The second-order valence-corrected chi connectivity index (χ2v) is 3.33. The molecule has 0 aliphatic carbocycles. The molecule has 0 aliphatic rings. The van der Waals surface area contributed by atoms with Crippen molar-refractivity contribution in [3.05, 3.63) is 10.1 Å². The molecular formula is C7H13BrO. The quantitative estimate of drug-likeness (QED) is 0.714. The van der Waals surface area contributed by atoms with E-state index < -0.39 is 0 Å². The molecule has 0 aliphatic heterocycles. The third-order valence-corrected chi connectivity index (χ3v) is 2.06. The van der Waals surface area contributed by atoms with E-state index in [2.05, 4.69) is 15.9 Å². The van der Waals surface area contributed by atoms with E-state index in [1.807, 2.05) is 20.8 Å². The van der Waals surface area contributed by atoms with Crippen LogP contribution in [0, 0.1) is 0 Å². The maximum absolute atomic E-state index is 9.21. The summed E-state index contributed by atoms with van der Waals surface area (Å²) in [6.07, 6.45) is 0.513. The number of hydrogen-bond donors (Lipinski definition) is 1. The first-order valence-electron chi connectivity index (χ1n) is 3.10. The lowest BCUT2D eigenvalue weighted by atomic mass is 10.1. The first-order chi connectivity index (χ1) is 4.09. The predicted octanol–water partition coefficient (Wildman–Crippen LogP) is 2.45. The van der Waals surface area contributed by atoms with Crippen LogP contribution in [0.5, 0.6) is 0 Å². The standard InChI is InChI=1S/C7H13BrO/c1-4-7(9)5(2)6(3)8/h7,9H,4H2,1-3H3. The van der Waals surface area contributed by atoms with Crippen LogP contribution in [-0.4, -0.2) is 11.2 Å². The van der Waals surface area contributed by atoms with Crippen molar-refractivity contribution < 1.29 is 5.11 Å². The van der Waals surface area contributed by atoms with Crippen LogP contribution in [0.25, 0.3) is 0 Å². The number of allylic oxidation sites excluding steroid dienone is 1. The molecule has 1 N–H and O–H groups in total. The van der Waals surface area contributed by atoms with Gasteiger partial charge in [-0.1, -0.05) is 22.9 Å². The van der Waals surface area contributed by atoms with Gasteiger partial charge in [0.05, 0.1) is 6.10 Å². The zero-order valence-corrected chi connectivity index (χ0v) is 7.70. The van der Waals surface area contributed by atoms with E-state index in [1.165, 1.54) is 0 Å². The van der Waals surface area contributed by atoms with Gasteiger partial charge in [0.2, 0.25) is 0 Å². The van der Waals surface area contributed by atoms with E-state index in [9.17, 15) is 5.11 Å². The highest BCUT2D eigenvalue weighted by molar-refractivity contribution is 9.11. The van der Waals surface area contributed by atoms with E-state index in [1.54, 1.807) is 0 Å². The van der Waals surface area contributed by atoms with Gasteiger partial charge in [-0.2, -0.15) is 0 Å². The molecule has 2 heteroatoms. The smallest absolute Gasteiger partial charge is 0.0755 e. The summed E-state index contributed by atoms with van der Waals surface area (Å²) >= 11 is 3.30. The van der Waals surface area contributed by atoms with Crippen molar-refractivity contribution in [1.82, 2.24) is 0 Å². The van der Waals surface area contributed by atoms with Gasteiger partial charge in [0.1, 0.15) is 0 Å². The summed E-state index contributed by atoms with van der Waals surface area (Å²) in [6, 6.07) is 0. The van der Waals surface area contributed by atoms with E-state index in [4.69, 9.17) is 0 Å². The number of aliphatic hydroxyl groups is 1. The topological polar surface area (TPSA) is 20.2 Å². The first-order valence-corrected chi connectivity index (χ1v) is 3.89. The Morgan fingerprint density at radius 1 is 1.56 bits per heavy atom. The Labute approximate surface area is 64.9 Å². The highest BCUT2D eigenvalue weighted by Gasteiger charge is 2.03. The average Bonchev–Trinajstić information content (AvgIpc) is 1.84. The van der Waals surface area contributed by atoms with Gasteiger partial charge in [-0.15, -0.1) is 0 Å². The van der Waals surface area contributed by atoms with Crippen LogP contribution in [0.4, 0.5) is 0 Å². The second-order valence-electron chi connectivity index (χ2n) is 2.14. The van der Waals surface area contributed by atoms with Crippen LogP contribution < -0.4 is 0 Å². The van der Waals surface area contributed by atoms with Gasteiger partial charge < -0.3 is 5.11 Å². The molecule has 0 amide bonds.